The fraction of sp³-hybridized carbons (Fsp3) is 0.471. The standard InChI is InChI=1S/C17H23NO2/c1-2-5-13(10-11-18)8-9-15(19)17-12-14-6-3-4-7-16(14)20-17/h3-4,6-7,12-13H,2,5,8-11,18H2,1H3. The first kappa shape index (κ1) is 14.8. The normalized spacial score (nSPS) is 12.7. The maximum absolute atomic E-state index is 12.2. The minimum Gasteiger partial charge on any atom is -0.453 e. The Kier molecular flexibility index (Phi) is 5.36. The van der Waals surface area contributed by atoms with Crippen LogP contribution in [0.15, 0.2) is 34.7 Å². The van der Waals surface area contributed by atoms with E-state index in [1.165, 1.54) is 0 Å². The van der Waals surface area contributed by atoms with Crippen molar-refractivity contribution in [2.45, 2.75) is 39.0 Å². The number of furan rings is 1. The summed E-state index contributed by atoms with van der Waals surface area (Å²) in [5.41, 5.74) is 6.41. The summed E-state index contributed by atoms with van der Waals surface area (Å²) in [5, 5.41) is 0.989. The van der Waals surface area contributed by atoms with E-state index in [1.54, 1.807) is 0 Å². The first-order chi connectivity index (χ1) is 9.74. The first-order valence-corrected chi connectivity index (χ1v) is 7.46. The van der Waals surface area contributed by atoms with Gasteiger partial charge in [-0.15, -0.1) is 0 Å². The molecule has 0 saturated heterocycles. The van der Waals surface area contributed by atoms with Crippen molar-refractivity contribution in [1.82, 2.24) is 0 Å². The van der Waals surface area contributed by atoms with Crippen molar-refractivity contribution >= 4 is 16.8 Å². The topological polar surface area (TPSA) is 56.2 Å². The van der Waals surface area contributed by atoms with Crippen LogP contribution in [-0.2, 0) is 0 Å². The molecule has 2 rings (SSSR count). The van der Waals surface area contributed by atoms with Crippen LogP contribution in [0.4, 0.5) is 0 Å². The molecule has 0 aliphatic carbocycles. The van der Waals surface area contributed by atoms with Gasteiger partial charge in [0.05, 0.1) is 0 Å². The molecule has 0 fully saturated rings. The lowest BCUT2D eigenvalue weighted by Gasteiger charge is -2.13. The highest BCUT2D eigenvalue weighted by atomic mass is 16.3. The van der Waals surface area contributed by atoms with Gasteiger partial charge in [0.1, 0.15) is 5.58 Å². The molecule has 0 radical (unpaired) electrons. The first-order valence-electron chi connectivity index (χ1n) is 7.46. The summed E-state index contributed by atoms with van der Waals surface area (Å²) in [6.07, 6.45) is 4.74. The van der Waals surface area contributed by atoms with Crippen LogP contribution < -0.4 is 5.73 Å². The van der Waals surface area contributed by atoms with E-state index in [0.717, 1.165) is 36.7 Å². The number of ketones is 1. The SMILES string of the molecule is CCCC(CCN)CCC(=O)c1cc2ccccc2o1. The Hall–Kier alpha value is -1.61. The predicted octanol–water partition coefficient (Wildman–Crippen LogP) is 4.16. The van der Waals surface area contributed by atoms with Crippen molar-refractivity contribution in [3.63, 3.8) is 0 Å². The number of hydrogen-bond donors (Lipinski definition) is 1. The number of rotatable bonds is 8. The number of nitrogens with two attached hydrogens (primary N) is 1. The molecular weight excluding hydrogens is 250 g/mol. The lowest BCUT2D eigenvalue weighted by molar-refractivity contribution is 0.0947. The van der Waals surface area contributed by atoms with E-state index in [-0.39, 0.29) is 5.78 Å². The van der Waals surface area contributed by atoms with Crippen LogP contribution in [0.3, 0.4) is 0 Å². The van der Waals surface area contributed by atoms with Crippen molar-refractivity contribution in [3.8, 4) is 0 Å². The number of carbonyl (C=O) groups excluding carboxylic acids is 1. The summed E-state index contributed by atoms with van der Waals surface area (Å²) in [7, 11) is 0. The Morgan fingerprint density at radius 1 is 1.25 bits per heavy atom. The largest absolute Gasteiger partial charge is 0.453 e. The minimum atomic E-state index is 0.0966. The van der Waals surface area contributed by atoms with Crippen LogP contribution in [0.25, 0.3) is 11.0 Å². The van der Waals surface area contributed by atoms with E-state index >= 15 is 0 Å². The molecule has 1 heterocycles. The number of para-hydroxylation sites is 1. The van der Waals surface area contributed by atoms with Crippen LogP contribution in [0.1, 0.15) is 49.6 Å². The van der Waals surface area contributed by atoms with Gasteiger partial charge in [0, 0.05) is 11.8 Å². The molecule has 1 unspecified atom stereocenters. The average Bonchev–Trinajstić information content (AvgIpc) is 2.89. The fourth-order valence-electron chi connectivity index (χ4n) is 2.65. The van der Waals surface area contributed by atoms with Crippen LogP contribution >= 0.6 is 0 Å². The second-order valence-corrected chi connectivity index (χ2v) is 5.34. The van der Waals surface area contributed by atoms with Gasteiger partial charge in [-0.2, -0.15) is 0 Å². The molecule has 0 aliphatic rings. The van der Waals surface area contributed by atoms with Crippen LogP contribution in [0, 0.1) is 5.92 Å². The minimum absolute atomic E-state index is 0.0966. The van der Waals surface area contributed by atoms with Crippen molar-refractivity contribution in [3.05, 3.63) is 36.1 Å². The molecule has 2 N–H and O–H groups in total. The zero-order chi connectivity index (χ0) is 14.4. The van der Waals surface area contributed by atoms with Gasteiger partial charge in [-0.3, -0.25) is 4.79 Å². The zero-order valence-corrected chi connectivity index (χ0v) is 12.1. The quantitative estimate of drug-likeness (QED) is 0.735. The van der Waals surface area contributed by atoms with E-state index in [4.69, 9.17) is 10.2 Å². The van der Waals surface area contributed by atoms with E-state index in [2.05, 4.69) is 6.92 Å². The van der Waals surface area contributed by atoms with Gasteiger partial charge >= 0.3 is 0 Å². The Bertz CT molecular complexity index is 520. The lowest BCUT2D eigenvalue weighted by Crippen LogP contribution is -2.10. The fourth-order valence-corrected chi connectivity index (χ4v) is 2.65. The van der Waals surface area contributed by atoms with Gasteiger partial charge in [-0.05, 0) is 37.4 Å². The van der Waals surface area contributed by atoms with E-state index < -0.39 is 0 Å². The summed E-state index contributed by atoms with van der Waals surface area (Å²) in [4.78, 5) is 12.2. The van der Waals surface area contributed by atoms with Crippen molar-refractivity contribution in [1.29, 1.82) is 0 Å². The molecular formula is C17H23NO2. The molecule has 1 atom stereocenters. The zero-order valence-electron chi connectivity index (χ0n) is 12.1. The number of benzene rings is 1. The second-order valence-electron chi connectivity index (χ2n) is 5.34. The number of Topliss-reactive ketones (excluding diaryl/α,β-unsaturated/α-hetero) is 1. The Labute approximate surface area is 120 Å². The van der Waals surface area contributed by atoms with Gasteiger partial charge in [-0.25, -0.2) is 0 Å². The molecule has 0 aliphatic heterocycles. The molecule has 0 amide bonds. The smallest absolute Gasteiger partial charge is 0.198 e. The molecule has 0 saturated carbocycles. The molecule has 20 heavy (non-hydrogen) atoms. The molecule has 0 bridgehead atoms. The summed E-state index contributed by atoms with van der Waals surface area (Å²) in [6.45, 7) is 2.87. The lowest BCUT2D eigenvalue weighted by atomic mass is 9.93. The monoisotopic (exact) mass is 273 g/mol. The van der Waals surface area contributed by atoms with Gasteiger partial charge < -0.3 is 10.2 Å². The van der Waals surface area contributed by atoms with Crippen LogP contribution in [-0.4, -0.2) is 12.3 Å². The highest BCUT2D eigenvalue weighted by Crippen LogP contribution is 2.22. The van der Waals surface area contributed by atoms with Gasteiger partial charge in [0.25, 0.3) is 0 Å². The molecule has 108 valence electrons. The van der Waals surface area contributed by atoms with E-state index in [9.17, 15) is 4.79 Å². The maximum atomic E-state index is 12.2. The Balaban J connectivity index is 1.97. The third-order valence-corrected chi connectivity index (χ3v) is 3.75. The summed E-state index contributed by atoms with van der Waals surface area (Å²) in [6, 6.07) is 9.56. The van der Waals surface area contributed by atoms with E-state index in [1.807, 2.05) is 30.3 Å². The van der Waals surface area contributed by atoms with Gasteiger partial charge in [-0.1, -0.05) is 38.0 Å². The molecule has 1 aromatic heterocycles. The third kappa shape index (κ3) is 3.70. The van der Waals surface area contributed by atoms with Crippen molar-refractivity contribution in [2.75, 3.05) is 6.54 Å². The maximum Gasteiger partial charge on any atom is 0.198 e. The van der Waals surface area contributed by atoms with E-state index in [0.29, 0.717) is 24.6 Å². The van der Waals surface area contributed by atoms with Crippen LogP contribution in [0.5, 0.6) is 0 Å². The number of carbonyl (C=O) groups is 1. The second kappa shape index (κ2) is 7.25. The van der Waals surface area contributed by atoms with Crippen molar-refractivity contribution < 1.29 is 9.21 Å². The highest BCUT2D eigenvalue weighted by Gasteiger charge is 2.15. The van der Waals surface area contributed by atoms with Gasteiger partial charge in [0.2, 0.25) is 0 Å². The van der Waals surface area contributed by atoms with Gasteiger partial charge in [0.15, 0.2) is 11.5 Å². The highest BCUT2D eigenvalue weighted by molar-refractivity contribution is 5.97. The molecule has 3 heteroatoms. The van der Waals surface area contributed by atoms with Crippen LogP contribution in [0.2, 0.25) is 0 Å². The Morgan fingerprint density at radius 2 is 2.05 bits per heavy atom. The predicted molar refractivity (Wildman–Crippen MR) is 81.8 cm³/mol. The molecule has 1 aromatic carbocycles. The van der Waals surface area contributed by atoms with Crippen molar-refractivity contribution in [2.24, 2.45) is 11.7 Å². The third-order valence-electron chi connectivity index (χ3n) is 3.75. The average molecular weight is 273 g/mol. The molecule has 0 spiro atoms. The Morgan fingerprint density at radius 3 is 2.75 bits per heavy atom. The molecule has 3 nitrogen and oxygen atoms in total. The molecule has 2 aromatic rings. The number of hydrogen-bond acceptors (Lipinski definition) is 3. The summed E-state index contributed by atoms with van der Waals surface area (Å²) in [5.74, 6) is 1.13. The summed E-state index contributed by atoms with van der Waals surface area (Å²) < 4.78 is 5.61. The summed E-state index contributed by atoms with van der Waals surface area (Å²) >= 11 is 0. The number of fused-ring (bicyclic) bond motifs is 1.